The van der Waals surface area contributed by atoms with Crippen LogP contribution in [0.25, 0.3) is 0 Å². The van der Waals surface area contributed by atoms with E-state index in [1.54, 1.807) is 13.8 Å². The second-order valence-electron chi connectivity index (χ2n) is 5.46. The predicted molar refractivity (Wildman–Crippen MR) is 84.1 cm³/mol. The van der Waals surface area contributed by atoms with Gasteiger partial charge in [-0.3, -0.25) is 0 Å². The number of benzene rings is 1. The molecule has 120 valence electrons. The number of hydrogen-bond acceptors (Lipinski definition) is 4. The van der Waals surface area contributed by atoms with Crippen LogP contribution in [0.1, 0.15) is 34.1 Å². The van der Waals surface area contributed by atoms with E-state index in [9.17, 15) is 13.5 Å². The fourth-order valence-corrected chi connectivity index (χ4v) is 4.05. The number of rotatable bonds is 5. The number of aromatic nitrogens is 2. The highest BCUT2D eigenvalue weighted by molar-refractivity contribution is 7.89. The topological polar surface area (TPSA) is 95.1 Å². The molecule has 1 unspecified atom stereocenters. The van der Waals surface area contributed by atoms with E-state index in [2.05, 4.69) is 14.7 Å². The van der Waals surface area contributed by atoms with E-state index in [4.69, 9.17) is 0 Å². The summed E-state index contributed by atoms with van der Waals surface area (Å²) in [5, 5.41) is 9.97. The second-order valence-corrected chi connectivity index (χ2v) is 7.17. The van der Waals surface area contributed by atoms with Gasteiger partial charge in [0.05, 0.1) is 23.1 Å². The summed E-state index contributed by atoms with van der Waals surface area (Å²) >= 11 is 0. The van der Waals surface area contributed by atoms with Crippen molar-refractivity contribution in [3.63, 3.8) is 0 Å². The van der Waals surface area contributed by atoms with E-state index in [1.165, 1.54) is 12.5 Å². The van der Waals surface area contributed by atoms with Crippen molar-refractivity contribution < 1.29 is 13.5 Å². The van der Waals surface area contributed by atoms with E-state index >= 15 is 0 Å². The van der Waals surface area contributed by atoms with Crippen molar-refractivity contribution in [3.05, 3.63) is 46.5 Å². The maximum Gasteiger partial charge on any atom is 0.241 e. The minimum atomic E-state index is -3.70. The third-order valence-corrected chi connectivity index (χ3v) is 5.61. The van der Waals surface area contributed by atoms with Crippen molar-refractivity contribution in [1.82, 2.24) is 14.7 Å². The molecular weight excluding hydrogens is 302 g/mol. The number of H-pyrrole nitrogens is 1. The Morgan fingerprint density at radius 3 is 2.32 bits per heavy atom. The van der Waals surface area contributed by atoms with E-state index in [1.807, 2.05) is 19.9 Å². The molecule has 0 saturated heterocycles. The molecule has 0 saturated carbocycles. The maximum absolute atomic E-state index is 12.6. The Balaban J connectivity index is 2.28. The maximum atomic E-state index is 12.6. The number of aromatic amines is 1. The lowest BCUT2D eigenvalue weighted by atomic mass is 10.0. The molecular formula is C15H21N3O3S. The molecule has 0 bridgehead atoms. The van der Waals surface area contributed by atoms with Gasteiger partial charge >= 0.3 is 0 Å². The molecule has 0 radical (unpaired) electrons. The van der Waals surface area contributed by atoms with Gasteiger partial charge in [0.15, 0.2) is 0 Å². The zero-order valence-electron chi connectivity index (χ0n) is 13.1. The van der Waals surface area contributed by atoms with Crippen molar-refractivity contribution in [1.29, 1.82) is 0 Å². The van der Waals surface area contributed by atoms with E-state index in [-0.39, 0.29) is 6.54 Å². The van der Waals surface area contributed by atoms with Gasteiger partial charge in [-0.05, 0) is 49.9 Å². The zero-order valence-corrected chi connectivity index (χ0v) is 14.0. The normalized spacial score (nSPS) is 13.3. The standard InChI is InChI=1S/C15H21N3O3S/c1-9-5-10(2)12(4)15(11(9)3)22(20,21)18-7-14(19)13-6-16-8-17-13/h5-6,8,14,18-19H,7H2,1-4H3,(H,16,17). The average Bonchev–Trinajstić information content (AvgIpc) is 2.97. The van der Waals surface area contributed by atoms with Crippen molar-refractivity contribution in [2.75, 3.05) is 6.54 Å². The first kappa shape index (κ1) is 16.7. The first-order valence-electron chi connectivity index (χ1n) is 6.97. The zero-order chi connectivity index (χ0) is 16.5. The van der Waals surface area contributed by atoms with E-state index < -0.39 is 16.1 Å². The molecule has 0 aliphatic heterocycles. The molecule has 1 aromatic carbocycles. The molecule has 0 fully saturated rings. The summed E-state index contributed by atoms with van der Waals surface area (Å²) in [5.41, 5.74) is 3.78. The molecule has 0 spiro atoms. The first-order valence-corrected chi connectivity index (χ1v) is 8.45. The third kappa shape index (κ3) is 3.21. The highest BCUT2D eigenvalue weighted by atomic mass is 32.2. The number of nitrogens with zero attached hydrogens (tertiary/aromatic N) is 1. The molecule has 2 rings (SSSR count). The molecule has 0 amide bonds. The van der Waals surface area contributed by atoms with Crippen molar-refractivity contribution in [2.45, 2.75) is 38.7 Å². The summed E-state index contributed by atoms with van der Waals surface area (Å²) in [6, 6.07) is 1.98. The van der Waals surface area contributed by atoms with Crippen LogP contribution >= 0.6 is 0 Å². The van der Waals surface area contributed by atoms with Crippen LogP contribution in [0, 0.1) is 27.7 Å². The third-order valence-electron chi connectivity index (χ3n) is 3.91. The number of aliphatic hydroxyl groups excluding tert-OH is 1. The largest absolute Gasteiger partial charge is 0.385 e. The first-order chi connectivity index (χ1) is 10.2. The number of aliphatic hydroxyl groups is 1. The molecule has 1 atom stereocenters. The second kappa shape index (κ2) is 6.20. The lowest BCUT2D eigenvalue weighted by molar-refractivity contribution is 0.177. The quantitative estimate of drug-likeness (QED) is 0.780. The number of hydrogen-bond donors (Lipinski definition) is 3. The van der Waals surface area contributed by atoms with E-state index in [0.29, 0.717) is 10.6 Å². The average molecular weight is 323 g/mol. The van der Waals surface area contributed by atoms with Gasteiger partial charge in [0.1, 0.15) is 6.10 Å². The van der Waals surface area contributed by atoms with Gasteiger partial charge in [0.25, 0.3) is 0 Å². The minimum absolute atomic E-state index is 0.115. The van der Waals surface area contributed by atoms with Gasteiger partial charge in [-0.25, -0.2) is 18.1 Å². The van der Waals surface area contributed by atoms with E-state index in [0.717, 1.165) is 22.3 Å². The molecule has 6 nitrogen and oxygen atoms in total. The Hall–Kier alpha value is -1.70. The van der Waals surface area contributed by atoms with Crippen LogP contribution < -0.4 is 4.72 Å². The lowest BCUT2D eigenvalue weighted by Gasteiger charge is -2.17. The van der Waals surface area contributed by atoms with Crippen LogP contribution in [0.2, 0.25) is 0 Å². The Labute approximate surface area is 130 Å². The van der Waals surface area contributed by atoms with Crippen LogP contribution in [0.5, 0.6) is 0 Å². The van der Waals surface area contributed by atoms with Crippen LogP contribution in [0.3, 0.4) is 0 Å². The van der Waals surface area contributed by atoms with Crippen LogP contribution in [0.15, 0.2) is 23.5 Å². The summed E-state index contributed by atoms with van der Waals surface area (Å²) < 4.78 is 27.7. The van der Waals surface area contributed by atoms with Crippen molar-refractivity contribution in [2.24, 2.45) is 0 Å². The predicted octanol–water partition coefficient (Wildman–Crippen LogP) is 1.66. The molecule has 2 aromatic rings. The smallest absolute Gasteiger partial charge is 0.241 e. The minimum Gasteiger partial charge on any atom is -0.385 e. The molecule has 0 aliphatic carbocycles. The van der Waals surface area contributed by atoms with Gasteiger partial charge < -0.3 is 10.1 Å². The molecule has 1 aromatic heterocycles. The molecule has 22 heavy (non-hydrogen) atoms. The van der Waals surface area contributed by atoms with Crippen LogP contribution in [0.4, 0.5) is 0 Å². The summed E-state index contributed by atoms with van der Waals surface area (Å²) in [7, 11) is -3.70. The molecule has 3 N–H and O–H groups in total. The summed E-state index contributed by atoms with van der Waals surface area (Å²) in [6.07, 6.45) is 1.93. The van der Waals surface area contributed by atoms with Crippen molar-refractivity contribution >= 4 is 10.0 Å². The Bertz CT molecular complexity index is 742. The summed E-state index contributed by atoms with van der Waals surface area (Å²) in [4.78, 5) is 6.86. The molecule has 0 aliphatic rings. The van der Waals surface area contributed by atoms with Gasteiger partial charge in [0.2, 0.25) is 10.0 Å². The number of sulfonamides is 1. The van der Waals surface area contributed by atoms with Crippen LogP contribution in [-0.4, -0.2) is 30.0 Å². The number of nitrogens with one attached hydrogen (secondary N) is 2. The Kier molecular flexibility index (Phi) is 4.69. The molecule has 1 heterocycles. The Morgan fingerprint density at radius 2 is 1.82 bits per heavy atom. The van der Waals surface area contributed by atoms with Gasteiger partial charge in [0, 0.05) is 6.54 Å². The van der Waals surface area contributed by atoms with Gasteiger partial charge in [-0.1, -0.05) is 6.07 Å². The molecule has 7 heteroatoms. The van der Waals surface area contributed by atoms with Gasteiger partial charge in [-0.2, -0.15) is 0 Å². The fourth-order valence-electron chi connectivity index (χ4n) is 2.40. The highest BCUT2D eigenvalue weighted by Gasteiger charge is 2.23. The van der Waals surface area contributed by atoms with Crippen molar-refractivity contribution in [3.8, 4) is 0 Å². The highest BCUT2D eigenvalue weighted by Crippen LogP contribution is 2.26. The number of aryl methyl sites for hydroxylation is 2. The fraction of sp³-hybridized carbons (Fsp3) is 0.400. The summed E-state index contributed by atoms with van der Waals surface area (Å²) in [5.74, 6) is 0. The van der Waals surface area contributed by atoms with Crippen LogP contribution in [-0.2, 0) is 10.0 Å². The SMILES string of the molecule is Cc1cc(C)c(C)c(S(=O)(=O)NCC(O)c2cnc[nH]2)c1C. The summed E-state index contributed by atoms with van der Waals surface area (Å²) in [6.45, 7) is 7.25. The monoisotopic (exact) mass is 323 g/mol. The number of imidazole rings is 1. The van der Waals surface area contributed by atoms with Gasteiger partial charge in [-0.15, -0.1) is 0 Å². The lowest BCUT2D eigenvalue weighted by Crippen LogP contribution is -2.30. The Morgan fingerprint density at radius 1 is 1.23 bits per heavy atom.